The number of methoxy groups -OCH3 is 2. The van der Waals surface area contributed by atoms with Crippen LogP contribution in [-0.2, 0) is 6.54 Å². The van der Waals surface area contributed by atoms with Gasteiger partial charge in [-0.05, 0) is 55.5 Å². The summed E-state index contributed by atoms with van der Waals surface area (Å²) >= 11 is 0. The lowest BCUT2D eigenvalue weighted by Crippen LogP contribution is -2.39. The molecule has 2 aromatic rings. The molecule has 0 aromatic heterocycles. The minimum Gasteiger partial charge on any atom is -0.497 e. The monoisotopic (exact) mass is 384 g/mol. The molecule has 0 aliphatic heterocycles. The van der Waals surface area contributed by atoms with Gasteiger partial charge in [0.1, 0.15) is 5.75 Å². The standard InChI is InChI=1S/C21H24N2O5/c1-14(16-6-7-16)22(13-15-4-9-18(27-2)10-5-15)21(24)17-8-11-20(28-3)19(12-17)23(25)26/h4-5,8-12,14,16H,6-7,13H2,1-3H3. The van der Waals surface area contributed by atoms with Gasteiger partial charge in [-0.3, -0.25) is 14.9 Å². The zero-order valence-corrected chi connectivity index (χ0v) is 16.3. The van der Waals surface area contributed by atoms with Crippen molar-refractivity contribution < 1.29 is 19.2 Å². The molecule has 7 nitrogen and oxygen atoms in total. The highest BCUT2D eigenvalue weighted by molar-refractivity contribution is 5.95. The van der Waals surface area contributed by atoms with E-state index >= 15 is 0 Å². The van der Waals surface area contributed by atoms with Gasteiger partial charge in [-0.1, -0.05) is 12.1 Å². The van der Waals surface area contributed by atoms with E-state index in [4.69, 9.17) is 9.47 Å². The molecule has 0 bridgehead atoms. The Kier molecular flexibility index (Phi) is 5.82. The quantitative estimate of drug-likeness (QED) is 0.506. The summed E-state index contributed by atoms with van der Waals surface area (Å²) in [5, 5.41) is 11.3. The second-order valence-corrected chi connectivity index (χ2v) is 7.00. The summed E-state index contributed by atoms with van der Waals surface area (Å²) in [7, 11) is 2.98. The minimum atomic E-state index is -0.534. The highest BCUT2D eigenvalue weighted by atomic mass is 16.6. The van der Waals surface area contributed by atoms with Gasteiger partial charge >= 0.3 is 5.69 Å². The van der Waals surface area contributed by atoms with Gasteiger partial charge in [-0.2, -0.15) is 0 Å². The van der Waals surface area contributed by atoms with Crippen molar-refractivity contribution in [3.05, 3.63) is 63.7 Å². The average molecular weight is 384 g/mol. The fraction of sp³-hybridized carbons (Fsp3) is 0.381. The Morgan fingerprint density at radius 3 is 2.39 bits per heavy atom. The lowest BCUT2D eigenvalue weighted by molar-refractivity contribution is -0.385. The van der Waals surface area contributed by atoms with Crippen LogP contribution in [0.4, 0.5) is 5.69 Å². The topological polar surface area (TPSA) is 81.9 Å². The summed E-state index contributed by atoms with van der Waals surface area (Å²) in [6, 6.07) is 12.0. The van der Waals surface area contributed by atoms with Gasteiger partial charge in [0.25, 0.3) is 5.91 Å². The molecular formula is C21H24N2O5. The van der Waals surface area contributed by atoms with Crippen LogP contribution >= 0.6 is 0 Å². The number of rotatable bonds is 8. The van der Waals surface area contributed by atoms with Crippen molar-refractivity contribution >= 4 is 11.6 Å². The van der Waals surface area contributed by atoms with Crippen LogP contribution in [0.2, 0.25) is 0 Å². The van der Waals surface area contributed by atoms with E-state index in [1.54, 1.807) is 18.1 Å². The van der Waals surface area contributed by atoms with Crippen molar-refractivity contribution in [3.63, 3.8) is 0 Å². The van der Waals surface area contributed by atoms with Gasteiger partial charge in [0.05, 0.1) is 19.1 Å². The maximum atomic E-state index is 13.3. The summed E-state index contributed by atoms with van der Waals surface area (Å²) in [6.45, 7) is 2.47. The lowest BCUT2D eigenvalue weighted by Gasteiger charge is -2.30. The van der Waals surface area contributed by atoms with E-state index < -0.39 is 4.92 Å². The van der Waals surface area contributed by atoms with E-state index in [2.05, 4.69) is 0 Å². The average Bonchev–Trinajstić information content (AvgIpc) is 3.56. The molecule has 148 valence electrons. The third kappa shape index (κ3) is 4.24. The minimum absolute atomic E-state index is 0.0516. The largest absolute Gasteiger partial charge is 0.497 e. The fourth-order valence-corrected chi connectivity index (χ4v) is 3.29. The predicted molar refractivity (Wildman–Crippen MR) is 105 cm³/mol. The Balaban J connectivity index is 1.90. The van der Waals surface area contributed by atoms with Crippen LogP contribution in [0.25, 0.3) is 0 Å². The first-order chi connectivity index (χ1) is 13.4. The van der Waals surface area contributed by atoms with Crippen LogP contribution in [0.5, 0.6) is 11.5 Å². The molecule has 7 heteroatoms. The molecule has 3 rings (SSSR count). The van der Waals surface area contributed by atoms with Gasteiger partial charge in [0, 0.05) is 24.2 Å². The molecule has 0 spiro atoms. The number of nitro groups is 1. The Hall–Kier alpha value is -3.09. The van der Waals surface area contributed by atoms with Gasteiger partial charge < -0.3 is 14.4 Å². The number of benzene rings is 2. The highest BCUT2D eigenvalue weighted by Gasteiger charge is 2.35. The highest BCUT2D eigenvalue weighted by Crippen LogP contribution is 2.37. The second kappa shape index (κ2) is 8.29. The van der Waals surface area contributed by atoms with Crippen molar-refractivity contribution in [2.45, 2.75) is 32.4 Å². The molecule has 1 fully saturated rings. The maximum absolute atomic E-state index is 13.3. The molecule has 1 atom stereocenters. The van der Waals surface area contributed by atoms with E-state index in [0.29, 0.717) is 12.5 Å². The van der Waals surface area contributed by atoms with E-state index in [-0.39, 0.29) is 28.9 Å². The molecule has 0 N–H and O–H groups in total. The molecule has 1 saturated carbocycles. The van der Waals surface area contributed by atoms with Crippen LogP contribution in [0.3, 0.4) is 0 Å². The smallest absolute Gasteiger partial charge is 0.311 e. The van der Waals surface area contributed by atoms with Crippen molar-refractivity contribution in [1.29, 1.82) is 0 Å². The number of ether oxygens (including phenoxy) is 2. The first-order valence-electron chi connectivity index (χ1n) is 9.21. The SMILES string of the molecule is COc1ccc(CN(C(=O)c2ccc(OC)c([N+](=O)[O-])c2)C(C)C2CC2)cc1. The number of nitrogens with zero attached hydrogens (tertiary/aromatic N) is 2. The summed E-state index contributed by atoms with van der Waals surface area (Å²) in [6.07, 6.45) is 2.19. The lowest BCUT2D eigenvalue weighted by atomic mass is 10.1. The van der Waals surface area contributed by atoms with Gasteiger partial charge in [0.15, 0.2) is 5.75 Å². The van der Waals surface area contributed by atoms with Crippen LogP contribution in [-0.4, -0.2) is 36.0 Å². The molecular weight excluding hydrogens is 360 g/mol. The van der Waals surface area contributed by atoms with Crippen LogP contribution in [0.15, 0.2) is 42.5 Å². The summed E-state index contributed by atoms with van der Waals surface area (Å²) in [5.74, 6) is 1.14. The van der Waals surface area contributed by atoms with Gasteiger partial charge in [-0.25, -0.2) is 0 Å². The van der Waals surface area contributed by atoms with Crippen molar-refractivity contribution in [2.75, 3.05) is 14.2 Å². The summed E-state index contributed by atoms with van der Waals surface area (Å²) in [4.78, 5) is 25.8. The third-order valence-electron chi connectivity index (χ3n) is 5.19. The molecule has 1 aliphatic carbocycles. The van der Waals surface area contributed by atoms with Crippen molar-refractivity contribution in [1.82, 2.24) is 4.90 Å². The van der Waals surface area contributed by atoms with E-state index in [9.17, 15) is 14.9 Å². The first kappa shape index (κ1) is 19.7. The van der Waals surface area contributed by atoms with Crippen LogP contribution in [0, 0.1) is 16.0 Å². The number of amides is 1. The molecule has 1 amide bonds. The third-order valence-corrected chi connectivity index (χ3v) is 5.19. The maximum Gasteiger partial charge on any atom is 0.311 e. The number of hydrogen-bond donors (Lipinski definition) is 0. The van der Waals surface area contributed by atoms with E-state index in [0.717, 1.165) is 24.2 Å². The Morgan fingerprint density at radius 1 is 1.18 bits per heavy atom. The number of hydrogen-bond acceptors (Lipinski definition) is 5. The number of nitro benzene ring substituents is 1. The first-order valence-corrected chi connectivity index (χ1v) is 9.21. The zero-order chi connectivity index (χ0) is 20.3. The van der Waals surface area contributed by atoms with E-state index in [1.165, 1.54) is 19.2 Å². The molecule has 0 heterocycles. The molecule has 0 saturated heterocycles. The summed E-state index contributed by atoms with van der Waals surface area (Å²) < 4.78 is 10.2. The van der Waals surface area contributed by atoms with E-state index in [1.807, 2.05) is 31.2 Å². The summed E-state index contributed by atoms with van der Waals surface area (Å²) in [5.41, 5.74) is 1.05. The molecule has 2 aromatic carbocycles. The molecule has 1 unspecified atom stereocenters. The van der Waals surface area contributed by atoms with Crippen LogP contribution in [0.1, 0.15) is 35.7 Å². The molecule has 28 heavy (non-hydrogen) atoms. The number of carbonyl (C=O) groups excluding carboxylic acids is 1. The van der Waals surface area contributed by atoms with Crippen molar-refractivity contribution in [3.8, 4) is 11.5 Å². The second-order valence-electron chi connectivity index (χ2n) is 7.00. The van der Waals surface area contributed by atoms with Gasteiger partial charge in [-0.15, -0.1) is 0 Å². The Bertz CT molecular complexity index is 862. The zero-order valence-electron chi connectivity index (χ0n) is 16.3. The normalized spacial score (nSPS) is 14.2. The molecule has 1 aliphatic rings. The Morgan fingerprint density at radius 2 is 1.86 bits per heavy atom. The van der Waals surface area contributed by atoms with Crippen molar-refractivity contribution in [2.24, 2.45) is 5.92 Å². The fourth-order valence-electron chi connectivity index (χ4n) is 3.29. The van der Waals surface area contributed by atoms with Crippen LogP contribution < -0.4 is 9.47 Å². The molecule has 0 radical (unpaired) electrons. The number of carbonyl (C=O) groups is 1. The Labute approximate surface area is 164 Å². The van der Waals surface area contributed by atoms with Gasteiger partial charge in [0.2, 0.25) is 0 Å². The predicted octanol–water partition coefficient (Wildman–Crippen LogP) is 4.05.